The van der Waals surface area contributed by atoms with Gasteiger partial charge in [-0.15, -0.1) is 0 Å². The minimum absolute atomic E-state index is 0.491. The quantitative estimate of drug-likeness (QED) is 0.918. The number of nitrogens with one attached hydrogen (secondary N) is 1. The van der Waals surface area contributed by atoms with E-state index in [0.29, 0.717) is 11.5 Å². The number of ether oxygens (including phenoxy) is 1. The van der Waals surface area contributed by atoms with Crippen molar-refractivity contribution in [1.82, 2.24) is 20.1 Å². The summed E-state index contributed by atoms with van der Waals surface area (Å²) in [5, 5.41) is 7.99. The molecule has 1 spiro atoms. The normalized spacial score (nSPS) is 22.9. The van der Waals surface area contributed by atoms with Crippen LogP contribution < -0.4 is 5.32 Å². The summed E-state index contributed by atoms with van der Waals surface area (Å²) < 4.78 is 7.43. The molecule has 1 unspecified atom stereocenters. The molecule has 4 rings (SSSR count). The molecule has 1 saturated heterocycles. The molecular formula is C19H26N4O. The zero-order valence-corrected chi connectivity index (χ0v) is 14.2. The van der Waals surface area contributed by atoms with E-state index in [1.54, 1.807) is 12.7 Å². The maximum atomic E-state index is 5.58. The highest BCUT2D eigenvalue weighted by molar-refractivity contribution is 5.22. The van der Waals surface area contributed by atoms with Crippen LogP contribution in [0.1, 0.15) is 43.2 Å². The summed E-state index contributed by atoms with van der Waals surface area (Å²) in [6.45, 7) is 3.61. The standard InChI is InChI=1S/C19H26N4O/c1-2-18(19(7-1)8-10-24-11-9-19)21-12-16-3-5-17(6-4-16)13-23-15-20-14-22-23/h3-6,14-15,18,21H,1-2,7-13H2. The first-order chi connectivity index (χ1) is 11.8. The molecule has 0 radical (unpaired) electrons. The number of benzene rings is 1. The molecule has 2 heterocycles. The Morgan fingerprint density at radius 3 is 2.67 bits per heavy atom. The molecule has 2 aliphatic rings. The summed E-state index contributed by atoms with van der Waals surface area (Å²) >= 11 is 0. The zero-order valence-electron chi connectivity index (χ0n) is 14.2. The Morgan fingerprint density at radius 2 is 1.92 bits per heavy atom. The smallest absolute Gasteiger partial charge is 0.137 e. The summed E-state index contributed by atoms with van der Waals surface area (Å²) in [6, 6.07) is 9.49. The Morgan fingerprint density at radius 1 is 1.12 bits per heavy atom. The van der Waals surface area contributed by atoms with Gasteiger partial charge >= 0.3 is 0 Å². The van der Waals surface area contributed by atoms with Gasteiger partial charge < -0.3 is 10.1 Å². The summed E-state index contributed by atoms with van der Waals surface area (Å²) in [5.74, 6) is 0. The number of nitrogens with zero attached hydrogens (tertiary/aromatic N) is 3. The topological polar surface area (TPSA) is 52.0 Å². The molecule has 1 atom stereocenters. The molecule has 1 saturated carbocycles. The lowest BCUT2D eigenvalue weighted by atomic mass is 9.75. The molecule has 128 valence electrons. The fourth-order valence-corrected chi connectivity index (χ4v) is 4.34. The Bertz CT molecular complexity index is 632. The Balaban J connectivity index is 1.34. The fraction of sp³-hybridized carbons (Fsp3) is 0.579. The summed E-state index contributed by atoms with van der Waals surface area (Å²) in [5.41, 5.74) is 3.10. The van der Waals surface area contributed by atoms with E-state index >= 15 is 0 Å². The average molecular weight is 326 g/mol. The maximum absolute atomic E-state index is 5.58. The first kappa shape index (κ1) is 15.8. The minimum atomic E-state index is 0.491. The Kier molecular flexibility index (Phi) is 4.63. The SMILES string of the molecule is c1ncn(Cc2ccc(CNC3CCCC34CCOCC4)cc2)n1. The van der Waals surface area contributed by atoms with Crippen molar-refractivity contribution in [1.29, 1.82) is 0 Å². The fourth-order valence-electron chi connectivity index (χ4n) is 4.34. The first-order valence-corrected chi connectivity index (χ1v) is 9.05. The van der Waals surface area contributed by atoms with E-state index in [-0.39, 0.29) is 0 Å². The maximum Gasteiger partial charge on any atom is 0.137 e. The zero-order chi connectivity index (χ0) is 16.2. The van der Waals surface area contributed by atoms with E-state index < -0.39 is 0 Å². The van der Waals surface area contributed by atoms with E-state index in [4.69, 9.17) is 4.74 Å². The Labute approximate surface area is 143 Å². The molecular weight excluding hydrogens is 300 g/mol. The molecule has 1 aromatic carbocycles. The van der Waals surface area contributed by atoms with Crippen molar-refractivity contribution in [2.45, 2.75) is 51.2 Å². The number of rotatable bonds is 5. The van der Waals surface area contributed by atoms with Crippen LogP contribution in [0.15, 0.2) is 36.9 Å². The largest absolute Gasteiger partial charge is 0.381 e. The van der Waals surface area contributed by atoms with Gasteiger partial charge in [0.1, 0.15) is 12.7 Å². The monoisotopic (exact) mass is 326 g/mol. The van der Waals surface area contributed by atoms with Crippen molar-refractivity contribution in [3.05, 3.63) is 48.0 Å². The van der Waals surface area contributed by atoms with Crippen molar-refractivity contribution < 1.29 is 4.74 Å². The van der Waals surface area contributed by atoms with Gasteiger partial charge in [-0.25, -0.2) is 9.67 Å². The van der Waals surface area contributed by atoms with Crippen LogP contribution in [0.3, 0.4) is 0 Å². The van der Waals surface area contributed by atoms with Crippen LogP contribution in [-0.4, -0.2) is 34.0 Å². The van der Waals surface area contributed by atoms with E-state index in [2.05, 4.69) is 39.7 Å². The third kappa shape index (κ3) is 3.37. The van der Waals surface area contributed by atoms with Gasteiger partial charge in [-0.1, -0.05) is 30.7 Å². The van der Waals surface area contributed by atoms with Crippen LogP contribution in [0.4, 0.5) is 0 Å². The van der Waals surface area contributed by atoms with Gasteiger partial charge in [0.25, 0.3) is 0 Å². The highest BCUT2D eigenvalue weighted by Gasteiger charge is 2.43. The van der Waals surface area contributed by atoms with Crippen LogP contribution in [0.25, 0.3) is 0 Å². The first-order valence-electron chi connectivity index (χ1n) is 9.05. The molecule has 5 nitrogen and oxygen atoms in total. The second-order valence-corrected chi connectivity index (χ2v) is 7.21. The van der Waals surface area contributed by atoms with Crippen LogP contribution in [0.5, 0.6) is 0 Å². The van der Waals surface area contributed by atoms with Crippen molar-refractivity contribution in [3.63, 3.8) is 0 Å². The molecule has 2 fully saturated rings. The van der Waals surface area contributed by atoms with Crippen molar-refractivity contribution >= 4 is 0 Å². The predicted octanol–water partition coefficient (Wildman–Crippen LogP) is 2.77. The Hall–Kier alpha value is -1.72. The molecule has 24 heavy (non-hydrogen) atoms. The second kappa shape index (κ2) is 7.03. The van der Waals surface area contributed by atoms with Crippen molar-refractivity contribution in [3.8, 4) is 0 Å². The van der Waals surface area contributed by atoms with Gasteiger partial charge in [-0.05, 0) is 42.2 Å². The van der Waals surface area contributed by atoms with Crippen LogP contribution in [0.2, 0.25) is 0 Å². The van der Waals surface area contributed by atoms with Gasteiger partial charge in [0, 0.05) is 25.8 Å². The number of aromatic nitrogens is 3. The molecule has 2 aromatic rings. The lowest BCUT2D eigenvalue weighted by Gasteiger charge is -2.39. The number of hydrogen-bond acceptors (Lipinski definition) is 4. The van der Waals surface area contributed by atoms with Crippen LogP contribution in [0, 0.1) is 5.41 Å². The van der Waals surface area contributed by atoms with Gasteiger partial charge in [0.2, 0.25) is 0 Å². The predicted molar refractivity (Wildman–Crippen MR) is 92.5 cm³/mol. The van der Waals surface area contributed by atoms with Gasteiger partial charge in [0.15, 0.2) is 0 Å². The summed E-state index contributed by atoms with van der Waals surface area (Å²) in [7, 11) is 0. The van der Waals surface area contributed by atoms with Gasteiger partial charge in [-0.2, -0.15) is 5.10 Å². The number of hydrogen-bond donors (Lipinski definition) is 1. The molecule has 0 amide bonds. The summed E-state index contributed by atoms with van der Waals surface area (Å²) in [4.78, 5) is 3.98. The van der Waals surface area contributed by atoms with Crippen molar-refractivity contribution in [2.24, 2.45) is 5.41 Å². The van der Waals surface area contributed by atoms with Crippen LogP contribution >= 0.6 is 0 Å². The molecule has 1 aliphatic heterocycles. The summed E-state index contributed by atoms with van der Waals surface area (Å²) in [6.07, 6.45) is 9.81. The molecule has 1 aromatic heterocycles. The highest BCUT2D eigenvalue weighted by Crippen LogP contribution is 2.46. The molecule has 5 heteroatoms. The third-order valence-corrected chi connectivity index (χ3v) is 5.78. The van der Waals surface area contributed by atoms with E-state index in [1.807, 2.05) is 4.68 Å². The minimum Gasteiger partial charge on any atom is -0.381 e. The average Bonchev–Trinajstić information content (AvgIpc) is 3.26. The van der Waals surface area contributed by atoms with E-state index in [1.165, 1.54) is 43.2 Å². The van der Waals surface area contributed by atoms with Crippen molar-refractivity contribution in [2.75, 3.05) is 13.2 Å². The molecule has 1 N–H and O–H groups in total. The van der Waals surface area contributed by atoms with Gasteiger partial charge in [0.05, 0.1) is 6.54 Å². The van der Waals surface area contributed by atoms with Gasteiger partial charge in [-0.3, -0.25) is 0 Å². The second-order valence-electron chi connectivity index (χ2n) is 7.21. The van der Waals surface area contributed by atoms with E-state index in [9.17, 15) is 0 Å². The molecule has 0 bridgehead atoms. The third-order valence-electron chi connectivity index (χ3n) is 5.78. The lowest BCUT2D eigenvalue weighted by Crippen LogP contribution is -2.44. The lowest BCUT2D eigenvalue weighted by molar-refractivity contribution is 0.00415. The van der Waals surface area contributed by atoms with E-state index in [0.717, 1.165) is 26.3 Å². The van der Waals surface area contributed by atoms with Crippen LogP contribution in [-0.2, 0) is 17.8 Å². The highest BCUT2D eigenvalue weighted by atomic mass is 16.5. The molecule has 1 aliphatic carbocycles.